The summed E-state index contributed by atoms with van der Waals surface area (Å²) in [6.07, 6.45) is 3.87. The highest BCUT2D eigenvalue weighted by molar-refractivity contribution is 7.99. The fraction of sp³-hybridized carbons (Fsp3) is 0.692. The predicted octanol–water partition coefficient (Wildman–Crippen LogP) is 1.62. The van der Waals surface area contributed by atoms with Crippen LogP contribution >= 0.6 is 11.8 Å². The van der Waals surface area contributed by atoms with E-state index in [0.29, 0.717) is 18.7 Å². The molecule has 1 aromatic rings. The van der Waals surface area contributed by atoms with Crippen LogP contribution in [0.1, 0.15) is 34.1 Å². The van der Waals surface area contributed by atoms with Crippen molar-refractivity contribution in [3.8, 4) is 0 Å². The summed E-state index contributed by atoms with van der Waals surface area (Å²) in [5.41, 5.74) is -0.0400. The van der Waals surface area contributed by atoms with Crippen LogP contribution in [-0.4, -0.2) is 39.0 Å². The minimum atomic E-state index is -0.382. The molecule has 0 radical (unpaired) electrons. The Hall–Kier alpha value is -1.01. The number of imidazole rings is 1. The van der Waals surface area contributed by atoms with Crippen molar-refractivity contribution in [2.75, 3.05) is 12.3 Å². The summed E-state index contributed by atoms with van der Waals surface area (Å²) in [6.45, 7) is 8.51. The van der Waals surface area contributed by atoms with Crippen LogP contribution in [0.3, 0.4) is 0 Å². The predicted molar refractivity (Wildman–Crippen MR) is 77.3 cm³/mol. The van der Waals surface area contributed by atoms with Gasteiger partial charge in [0.15, 0.2) is 5.16 Å². The Labute approximate surface area is 118 Å². The number of nitrogens with one attached hydrogen (secondary N) is 1. The lowest BCUT2D eigenvalue weighted by atomic mass is 10.1. The molecule has 0 saturated carbocycles. The second-order valence-electron chi connectivity index (χ2n) is 5.53. The van der Waals surface area contributed by atoms with Crippen molar-refractivity contribution in [3.05, 3.63) is 12.4 Å². The fourth-order valence-electron chi connectivity index (χ4n) is 1.51. The molecule has 5 nitrogen and oxygen atoms in total. The number of carbonyl (C=O) groups is 1. The van der Waals surface area contributed by atoms with E-state index < -0.39 is 0 Å². The minimum Gasteiger partial charge on any atom is -0.393 e. The molecule has 0 bridgehead atoms. The summed E-state index contributed by atoms with van der Waals surface area (Å²) in [6, 6.07) is 0. The van der Waals surface area contributed by atoms with Crippen molar-refractivity contribution < 1.29 is 9.90 Å². The normalized spacial score (nSPS) is 13.3. The number of aliphatic hydroxyl groups is 1. The summed E-state index contributed by atoms with van der Waals surface area (Å²) in [5, 5.41) is 12.7. The minimum absolute atomic E-state index is 0.0332. The molecule has 1 aromatic heterocycles. The van der Waals surface area contributed by atoms with Crippen LogP contribution in [0, 0.1) is 0 Å². The van der Waals surface area contributed by atoms with Crippen molar-refractivity contribution in [2.45, 2.75) is 50.9 Å². The third-order valence-electron chi connectivity index (χ3n) is 2.55. The van der Waals surface area contributed by atoms with Crippen LogP contribution in [0.4, 0.5) is 0 Å². The van der Waals surface area contributed by atoms with Gasteiger partial charge in [-0.05, 0) is 34.1 Å². The van der Waals surface area contributed by atoms with Crippen LogP contribution < -0.4 is 5.32 Å². The number of thioether (sulfide) groups is 1. The SMILES string of the molecule is CC(O)CCNC(=O)CSc1nccn1C(C)(C)C. The molecule has 1 unspecified atom stereocenters. The molecule has 2 N–H and O–H groups in total. The van der Waals surface area contributed by atoms with Crippen molar-refractivity contribution in [2.24, 2.45) is 0 Å². The maximum Gasteiger partial charge on any atom is 0.230 e. The lowest BCUT2D eigenvalue weighted by Gasteiger charge is -2.22. The van der Waals surface area contributed by atoms with Gasteiger partial charge in [-0.2, -0.15) is 0 Å². The van der Waals surface area contributed by atoms with Crippen LogP contribution in [0.25, 0.3) is 0 Å². The van der Waals surface area contributed by atoms with Crippen LogP contribution in [-0.2, 0) is 10.3 Å². The highest BCUT2D eigenvalue weighted by atomic mass is 32.2. The molecule has 1 amide bonds. The molecule has 6 heteroatoms. The first-order valence-electron chi connectivity index (χ1n) is 6.42. The third-order valence-corrected chi connectivity index (χ3v) is 3.51. The third kappa shape index (κ3) is 5.65. The number of rotatable bonds is 6. The Balaban J connectivity index is 2.41. The van der Waals surface area contributed by atoms with Crippen LogP contribution in [0.15, 0.2) is 17.6 Å². The van der Waals surface area contributed by atoms with Crippen LogP contribution in [0.2, 0.25) is 0 Å². The van der Waals surface area contributed by atoms with Crippen LogP contribution in [0.5, 0.6) is 0 Å². The molecule has 0 saturated heterocycles. The van der Waals surface area contributed by atoms with E-state index >= 15 is 0 Å². The number of carbonyl (C=O) groups excluding carboxylic acids is 1. The number of hydrogen-bond donors (Lipinski definition) is 2. The summed E-state index contributed by atoms with van der Waals surface area (Å²) in [4.78, 5) is 15.9. The number of aromatic nitrogens is 2. The number of nitrogens with zero attached hydrogens (tertiary/aromatic N) is 2. The largest absolute Gasteiger partial charge is 0.393 e. The van der Waals surface area contributed by atoms with E-state index in [1.165, 1.54) is 11.8 Å². The maximum absolute atomic E-state index is 11.6. The van der Waals surface area contributed by atoms with Crippen molar-refractivity contribution >= 4 is 17.7 Å². The molecule has 108 valence electrons. The van der Waals surface area contributed by atoms with Crippen molar-refractivity contribution in [1.29, 1.82) is 0 Å². The Morgan fingerprint density at radius 2 is 2.26 bits per heavy atom. The van der Waals surface area contributed by atoms with Gasteiger partial charge in [0, 0.05) is 24.5 Å². The highest BCUT2D eigenvalue weighted by Gasteiger charge is 2.17. The summed E-state index contributed by atoms with van der Waals surface area (Å²) in [7, 11) is 0. The van der Waals surface area contributed by atoms with Gasteiger partial charge in [-0.1, -0.05) is 11.8 Å². The Morgan fingerprint density at radius 3 is 2.84 bits per heavy atom. The number of hydrogen-bond acceptors (Lipinski definition) is 4. The van der Waals surface area contributed by atoms with Gasteiger partial charge < -0.3 is 15.0 Å². The first-order chi connectivity index (χ1) is 8.80. The van der Waals surface area contributed by atoms with E-state index in [4.69, 9.17) is 5.11 Å². The van der Waals surface area contributed by atoms with Gasteiger partial charge in [0.2, 0.25) is 5.91 Å². The van der Waals surface area contributed by atoms with Gasteiger partial charge in [0.25, 0.3) is 0 Å². The standard InChI is InChI=1S/C13H23N3O2S/c1-10(17)5-6-14-11(18)9-19-12-15-7-8-16(12)13(2,3)4/h7-8,10,17H,5-6,9H2,1-4H3,(H,14,18). The summed E-state index contributed by atoms with van der Waals surface area (Å²) in [5.74, 6) is 0.307. The molecule has 0 aliphatic rings. The van der Waals surface area contributed by atoms with E-state index in [0.717, 1.165) is 5.16 Å². The molecule has 0 aromatic carbocycles. The summed E-state index contributed by atoms with van der Waals surface area (Å²) >= 11 is 1.42. The molecule has 0 fully saturated rings. The number of aliphatic hydroxyl groups excluding tert-OH is 1. The maximum atomic E-state index is 11.6. The van der Waals surface area contributed by atoms with E-state index in [9.17, 15) is 4.79 Å². The molecule has 0 aliphatic carbocycles. The highest BCUT2D eigenvalue weighted by Crippen LogP contribution is 2.23. The zero-order valence-electron chi connectivity index (χ0n) is 12.0. The van der Waals surface area contributed by atoms with Gasteiger partial charge in [-0.25, -0.2) is 4.98 Å². The van der Waals surface area contributed by atoms with Gasteiger partial charge in [0.1, 0.15) is 0 Å². The zero-order valence-corrected chi connectivity index (χ0v) is 12.8. The van der Waals surface area contributed by atoms with Gasteiger partial charge >= 0.3 is 0 Å². The monoisotopic (exact) mass is 285 g/mol. The molecule has 1 heterocycles. The van der Waals surface area contributed by atoms with Gasteiger partial charge in [0.05, 0.1) is 11.9 Å². The Morgan fingerprint density at radius 1 is 1.58 bits per heavy atom. The Bertz CT molecular complexity index is 410. The van der Waals surface area contributed by atoms with Crippen molar-refractivity contribution in [3.63, 3.8) is 0 Å². The first kappa shape index (κ1) is 16.0. The first-order valence-corrected chi connectivity index (χ1v) is 7.40. The molecule has 19 heavy (non-hydrogen) atoms. The fourth-order valence-corrected chi connectivity index (χ4v) is 2.48. The lowest BCUT2D eigenvalue weighted by Crippen LogP contribution is -2.28. The van der Waals surface area contributed by atoms with Gasteiger partial charge in [-0.3, -0.25) is 4.79 Å². The quantitative estimate of drug-likeness (QED) is 0.779. The zero-order chi connectivity index (χ0) is 14.5. The number of amides is 1. The molecule has 1 atom stereocenters. The van der Waals surface area contributed by atoms with Gasteiger partial charge in [-0.15, -0.1) is 0 Å². The smallest absolute Gasteiger partial charge is 0.230 e. The second-order valence-corrected chi connectivity index (χ2v) is 6.47. The molecular formula is C13H23N3O2S. The van der Waals surface area contributed by atoms with E-state index in [1.807, 2.05) is 6.20 Å². The lowest BCUT2D eigenvalue weighted by molar-refractivity contribution is -0.118. The van der Waals surface area contributed by atoms with E-state index in [-0.39, 0.29) is 17.6 Å². The average Bonchev–Trinajstić information content (AvgIpc) is 2.73. The average molecular weight is 285 g/mol. The molecule has 0 aliphatic heterocycles. The Kier molecular flexibility index (Phi) is 5.87. The topological polar surface area (TPSA) is 67.2 Å². The van der Waals surface area contributed by atoms with E-state index in [2.05, 4.69) is 35.6 Å². The molecule has 0 spiro atoms. The second kappa shape index (κ2) is 6.96. The van der Waals surface area contributed by atoms with Crippen molar-refractivity contribution in [1.82, 2.24) is 14.9 Å². The molecular weight excluding hydrogens is 262 g/mol. The van der Waals surface area contributed by atoms with E-state index in [1.54, 1.807) is 13.1 Å². The molecule has 1 rings (SSSR count). The summed E-state index contributed by atoms with van der Waals surface area (Å²) < 4.78 is 2.06.